The molecule has 7 nitrogen and oxygen atoms in total. The van der Waals surface area contributed by atoms with Crippen LogP contribution in [-0.2, 0) is 33.3 Å². The minimum atomic E-state index is -0.422. The molecule has 6 atom stereocenters. The molecule has 0 aromatic heterocycles. The zero-order chi connectivity index (χ0) is 28.5. The van der Waals surface area contributed by atoms with Gasteiger partial charge in [0.2, 0.25) is 0 Å². The molecule has 41 heavy (non-hydrogen) atoms. The monoisotopic (exact) mass is 578 g/mol. The normalized spacial score (nSPS) is 27.7. The van der Waals surface area contributed by atoms with Crippen molar-refractivity contribution in [2.45, 2.75) is 166 Å². The van der Waals surface area contributed by atoms with E-state index in [1.54, 1.807) is 0 Å². The Bertz CT molecular complexity index is 675. The molecule has 3 heterocycles. The molecule has 1 saturated carbocycles. The van der Waals surface area contributed by atoms with Crippen molar-refractivity contribution >= 4 is 11.9 Å². The number of hydrogen-bond donors (Lipinski definition) is 0. The summed E-state index contributed by atoms with van der Waals surface area (Å²) in [5, 5.41) is 0. The van der Waals surface area contributed by atoms with E-state index in [0.29, 0.717) is 38.3 Å². The second-order valence-corrected chi connectivity index (χ2v) is 13.1. The first-order valence-electron chi connectivity index (χ1n) is 17.4. The third-order valence-corrected chi connectivity index (χ3v) is 9.39. The molecule has 0 spiro atoms. The largest absolute Gasteiger partial charge is 0.465 e. The quantitative estimate of drug-likeness (QED) is 0.0597. The number of ether oxygens (including phenoxy) is 5. The average molecular weight is 579 g/mol. The van der Waals surface area contributed by atoms with Crippen LogP contribution in [0, 0.1) is 11.8 Å². The number of fused-ring (bicyclic) bond motifs is 1. The summed E-state index contributed by atoms with van der Waals surface area (Å²) >= 11 is 0. The molecule has 4 aliphatic rings. The van der Waals surface area contributed by atoms with E-state index in [9.17, 15) is 9.59 Å². The van der Waals surface area contributed by atoms with Crippen molar-refractivity contribution in [2.24, 2.45) is 11.8 Å². The van der Waals surface area contributed by atoms with Crippen molar-refractivity contribution < 1.29 is 33.3 Å². The highest BCUT2D eigenvalue weighted by Crippen LogP contribution is 2.44. The number of esters is 2. The molecule has 7 heteroatoms. The van der Waals surface area contributed by atoms with Crippen LogP contribution in [0.25, 0.3) is 0 Å². The lowest BCUT2D eigenvalue weighted by molar-refractivity contribution is -0.162. The van der Waals surface area contributed by atoms with Crippen molar-refractivity contribution in [3.8, 4) is 0 Å². The summed E-state index contributed by atoms with van der Waals surface area (Å²) in [4.78, 5) is 25.8. The highest BCUT2D eigenvalue weighted by molar-refractivity contribution is 5.82. The van der Waals surface area contributed by atoms with E-state index < -0.39 is 11.8 Å². The van der Waals surface area contributed by atoms with Crippen LogP contribution >= 0.6 is 0 Å². The number of rotatable bonds is 26. The molecule has 0 radical (unpaired) electrons. The summed E-state index contributed by atoms with van der Waals surface area (Å²) in [5.74, 6) is -1.32. The summed E-state index contributed by atoms with van der Waals surface area (Å²) in [6.45, 7) is 2.86. The van der Waals surface area contributed by atoms with Gasteiger partial charge in [0.1, 0.15) is 0 Å². The zero-order valence-corrected chi connectivity index (χ0v) is 25.7. The number of carbonyl (C=O) groups excluding carboxylic acids is 2. The SMILES string of the molecule is O=C(OCCCCCCCCCCCC1CO1)C1CC2OC2CC1C(=O)OCCCCCCCCCCCC1CO1. The van der Waals surface area contributed by atoms with Gasteiger partial charge in [-0.15, -0.1) is 0 Å². The van der Waals surface area contributed by atoms with Crippen LogP contribution in [0.3, 0.4) is 0 Å². The average Bonchev–Trinajstić information content (AvgIpc) is 3.84. The van der Waals surface area contributed by atoms with Crippen LogP contribution in [0.15, 0.2) is 0 Å². The van der Waals surface area contributed by atoms with Gasteiger partial charge in [-0.1, -0.05) is 103 Å². The summed E-state index contributed by atoms with van der Waals surface area (Å²) in [6.07, 6.45) is 27.1. The summed E-state index contributed by atoms with van der Waals surface area (Å²) in [7, 11) is 0. The maximum atomic E-state index is 12.9. The van der Waals surface area contributed by atoms with Gasteiger partial charge in [-0.2, -0.15) is 0 Å². The second-order valence-electron chi connectivity index (χ2n) is 13.1. The van der Waals surface area contributed by atoms with Crippen LogP contribution < -0.4 is 0 Å². The Kier molecular flexibility index (Phi) is 15.3. The van der Waals surface area contributed by atoms with Gasteiger partial charge >= 0.3 is 11.9 Å². The molecule has 1 aliphatic carbocycles. The lowest BCUT2D eigenvalue weighted by atomic mass is 9.79. The van der Waals surface area contributed by atoms with Crippen molar-refractivity contribution in [2.75, 3.05) is 26.4 Å². The third kappa shape index (κ3) is 14.2. The molecule has 0 bridgehead atoms. The Morgan fingerprint density at radius 3 is 1.15 bits per heavy atom. The molecule has 0 aromatic carbocycles. The summed E-state index contributed by atoms with van der Waals surface area (Å²) in [6, 6.07) is 0. The predicted molar refractivity (Wildman–Crippen MR) is 159 cm³/mol. The van der Waals surface area contributed by atoms with Crippen LogP contribution in [0.2, 0.25) is 0 Å². The highest BCUT2D eigenvalue weighted by Gasteiger charge is 2.53. The van der Waals surface area contributed by atoms with Gasteiger partial charge in [0, 0.05) is 0 Å². The van der Waals surface area contributed by atoms with E-state index >= 15 is 0 Å². The fourth-order valence-electron chi connectivity index (χ4n) is 6.40. The first-order valence-corrected chi connectivity index (χ1v) is 17.4. The Morgan fingerprint density at radius 2 is 0.805 bits per heavy atom. The lowest BCUT2D eigenvalue weighted by Gasteiger charge is -2.26. The van der Waals surface area contributed by atoms with E-state index in [0.717, 1.165) is 38.9 Å². The van der Waals surface area contributed by atoms with Crippen molar-refractivity contribution in [1.29, 1.82) is 0 Å². The summed E-state index contributed by atoms with van der Waals surface area (Å²) in [5.41, 5.74) is 0. The second kappa shape index (κ2) is 19.2. The number of unbranched alkanes of at least 4 members (excludes halogenated alkanes) is 16. The topological polar surface area (TPSA) is 90.2 Å². The van der Waals surface area contributed by atoms with E-state index in [1.165, 1.54) is 103 Å². The van der Waals surface area contributed by atoms with Crippen LogP contribution in [0.1, 0.15) is 141 Å². The Balaban J connectivity index is 0.955. The Labute approximate surface area is 249 Å². The first kappa shape index (κ1) is 32.7. The molecule has 236 valence electrons. The molecule has 0 aromatic rings. The maximum absolute atomic E-state index is 12.9. The van der Waals surface area contributed by atoms with Gasteiger partial charge in [-0.05, 0) is 38.5 Å². The lowest BCUT2D eigenvalue weighted by Crippen LogP contribution is -2.37. The number of hydrogen-bond acceptors (Lipinski definition) is 7. The molecule has 0 amide bonds. The third-order valence-electron chi connectivity index (χ3n) is 9.39. The van der Waals surface area contributed by atoms with Gasteiger partial charge in [0.15, 0.2) is 0 Å². The minimum Gasteiger partial charge on any atom is -0.465 e. The van der Waals surface area contributed by atoms with Crippen LogP contribution in [0.5, 0.6) is 0 Å². The predicted octanol–water partition coefficient (Wildman–Crippen LogP) is 7.47. The van der Waals surface area contributed by atoms with E-state index in [4.69, 9.17) is 23.7 Å². The van der Waals surface area contributed by atoms with Crippen molar-refractivity contribution in [3.63, 3.8) is 0 Å². The minimum absolute atomic E-state index is 0.117. The Hall–Kier alpha value is -1.18. The van der Waals surface area contributed by atoms with Gasteiger partial charge in [0.05, 0.1) is 62.7 Å². The molecule has 0 N–H and O–H groups in total. The number of epoxide rings is 3. The van der Waals surface area contributed by atoms with Gasteiger partial charge in [0.25, 0.3) is 0 Å². The molecular weight excluding hydrogens is 520 g/mol. The van der Waals surface area contributed by atoms with Gasteiger partial charge in [-0.25, -0.2) is 0 Å². The molecule has 3 saturated heterocycles. The summed E-state index contributed by atoms with van der Waals surface area (Å²) < 4.78 is 27.4. The maximum Gasteiger partial charge on any atom is 0.309 e. The fraction of sp³-hybridized carbons (Fsp3) is 0.941. The molecular formula is C34H58O7. The fourth-order valence-corrected chi connectivity index (χ4v) is 6.40. The molecule has 6 unspecified atom stereocenters. The first-order chi connectivity index (χ1) is 20.2. The molecule has 4 fully saturated rings. The molecule has 3 aliphatic heterocycles. The smallest absolute Gasteiger partial charge is 0.309 e. The Morgan fingerprint density at radius 1 is 0.488 bits per heavy atom. The standard InChI is InChI=1S/C34H58O7/c35-33(37-21-17-13-9-5-1-3-7-11-15-19-27-25-39-27)29-23-31-32(41-31)24-30(29)34(36)38-22-18-14-10-6-2-4-8-12-16-20-28-26-40-28/h27-32H,1-26H2. The van der Waals surface area contributed by atoms with Crippen molar-refractivity contribution in [1.82, 2.24) is 0 Å². The van der Waals surface area contributed by atoms with Gasteiger partial charge < -0.3 is 23.7 Å². The van der Waals surface area contributed by atoms with Gasteiger partial charge in [-0.3, -0.25) is 9.59 Å². The van der Waals surface area contributed by atoms with E-state index in [2.05, 4.69) is 0 Å². The highest BCUT2D eigenvalue weighted by atomic mass is 16.6. The zero-order valence-electron chi connectivity index (χ0n) is 25.7. The number of carbonyl (C=O) groups is 2. The molecule has 4 rings (SSSR count). The van der Waals surface area contributed by atoms with Crippen molar-refractivity contribution in [3.05, 3.63) is 0 Å². The van der Waals surface area contributed by atoms with Crippen LogP contribution in [-0.4, -0.2) is 62.8 Å². The van der Waals surface area contributed by atoms with E-state index in [1.807, 2.05) is 0 Å². The van der Waals surface area contributed by atoms with E-state index in [-0.39, 0.29) is 24.1 Å². The van der Waals surface area contributed by atoms with Crippen LogP contribution in [0.4, 0.5) is 0 Å².